The Kier molecular flexibility index (Phi) is 3.87. The average molecular weight is 320 g/mol. The van der Waals surface area contributed by atoms with Gasteiger partial charge in [-0.15, -0.1) is 0 Å². The molecule has 1 aliphatic heterocycles. The predicted octanol–water partition coefficient (Wildman–Crippen LogP) is 1.73. The van der Waals surface area contributed by atoms with E-state index in [0.29, 0.717) is 23.1 Å². The Bertz CT molecular complexity index is 509. The van der Waals surface area contributed by atoms with Crippen LogP contribution in [0.1, 0.15) is 18.4 Å². The van der Waals surface area contributed by atoms with Crippen LogP contribution in [-0.4, -0.2) is 30.9 Å². The highest BCUT2D eigenvalue weighted by atomic mass is 79.9. The van der Waals surface area contributed by atoms with Crippen LogP contribution in [0, 0.1) is 0 Å². The molecule has 0 atom stereocenters. The largest absolute Gasteiger partial charge is 0.392 e. The Balaban J connectivity index is 2.39. The third-order valence-corrected chi connectivity index (χ3v) is 5.74. The molecular formula is C11H14BrNO3S. The van der Waals surface area contributed by atoms with E-state index in [4.69, 9.17) is 5.11 Å². The van der Waals surface area contributed by atoms with Crippen molar-refractivity contribution in [3.63, 3.8) is 0 Å². The summed E-state index contributed by atoms with van der Waals surface area (Å²) in [6.07, 6.45) is 1.84. The summed E-state index contributed by atoms with van der Waals surface area (Å²) in [5.74, 6) is 0. The summed E-state index contributed by atoms with van der Waals surface area (Å²) >= 11 is 3.25. The molecule has 2 rings (SSSR count). The number of aliphatic hydroxyl groups excluding tert-OH is 1. The van der Waals surface area contributed by atoms with Crippen molar-refractivity contribution in [1.29, 1.82) is 0 Å². The molecule has 0 aliphatic carbocycles. The number of nitrogens with zero attached hydrogens (tertiary/aromatic N) is 1. The van der Waals surface area contributed by atoms with Crippen molar-refractivity contribution in [2.75, 3.05) is 13.1 Å². The molecule has 0 spiro atoms. The molecule has 0 saturated carbocycles. The third-order valence-electron chi connectivity index (χ3n) is 2.86. The summed E-state index contributed by atoms with van der Waals surface area (Å²) in [4.78, 5) is 0.275. The monoisotopic (exact) mass is 319 g/mol. The second kappa shape index (κ2) is 5.06. The molecule has 0 amide bonds. The Morgan fingerprint density at radius 1 is 1.29 bits per heavy atom. The standard InChI is InChI=1S/C11H14BrNO3S/c12-10-7-9(8-14)3-4-11(10)17(15,16)13-5-1-2-6-13/h3-4,7,14H,1-2,5-6,8H2. The van der Waals surface area contributed by atoms with Crippen LogP contribution in [0.3, 0.4) is 0 Å². The molecule has 0 unspecified atom stereocenters. The average Bonchev–Trinajstić information content (AvgIpc) is 2.82. The maximum Gasteiger partial charge on any atom is 0.244 e. The fourth-order valence-corrected chi connectivity index (χ4v) is 4.52. The Labute approximate surface area is 109 Å². The first-order valence-electron chi connectivity index (χ1n) is 5.45. The van der Waals surface area contributed by atoms with Crippen LogP contribution in [0.4, 0.5) is 0 Å². The van der Waals surface area contributed by atoms with Crippen molar-refractivity contribution < 1.29 is 13.5 Å². The molecule has 0 radical (unpaired) electrons. The summed E-state index contributed by atoms with van der Waals surface area (Å²) in [7, 11) is -3.39. The number of sulfonamides is 1. The quantitative estimate of drug-likeness (QED) is 0.923. The van der Waals surface area contributed by atoms with E-state index in [2.05, 4.69) is 15.9 Å². The maximum absolute atomic E-state index is 12.3. The zero-order chi connectivity index (χ0) is 12.5. The van der Waals surface area contributed by atoms with Gasteiger partial charge in [0.2, 0.25) is 10.0 Å². The molecule has 1 aromatic rings. The van der Waals surface area contributed by atoms with Gasteiger partial charge in [0.25, 0.3) is 0 Å². The maximum atomic E-state index is 12.3. The fraction of sp³-hybridized carbons (Fsp3) is 0.455. The number of benzene rings is 1. The summed E-state index contributed by atoms with van der Waals surface area (Å²) in [5, 5.41) is 8.99. The van der Waals surface area contributed by atoms with Gasteiger partial charge in [0.15, 0.2) is 0 Å². The van der Waals surface area contributed by atoms with Gasteiger partial charge < -0.3 is 5.11 Å². The van der Waals surface area contributed by atoms with Crippen molar-refractivity contribution >= 4 is 26.0 Å². The van der Waals surface area contributed by atoms with Gasteiger partial charge in [-0.25, -0.2) is 8.42 Å². The van der Waals surface area contributed by atoms with Gasteiger partial charge in [0.05, 0.1) is 11.5 Å². The number of hydrogen-bond acceptors (Lipinski definition) is 3. The summed E-state index contributed by atoms with van der Waals surface area (Å²) in [5.41, 5.74) is 0.692. The van der Waals surface area contributed by atoms with E-state index < -0.39 is 10.0 Å². The summed E-state index contributed by atoms with van der Waals surface area (Å²) in [6, 6.07) is 4.82. The molecular weight excluding hydrogens is 306 g/mol. The topological polar surface area (TPSA) is 57.6 Å². The first kappa shape index (κ1) is 13.0. The van der Waals surface area contributed by atoms with E-state index in [0.717, 1.165) is 12.8 Å². The van der Waals surface area contributed by atoms with Crippen LogP contribution >= 0.6 is 15.9 Å². The molecule has 94 valence electrons. The van der Waals surface area contributed by atoms with Gasteiger partial charge in [-0.1, -0.05) is 6.07 Å². The lowest BCUT2D eigenvalue weighted by Gasteiger charge is -2.16. The van der Waals surface area contributed by atoms with Gasteiger partial charge in [0.1, 0.15) is 0 Å². The second-order valence-electron chi connectivity index (χ2n) is 4.03. The summed E-state index contributed by atoms with van der Waals surface area (Å²) in [6.45, 7) is 1.09. The van der Waals surface area contributed by atoms with Crippen LogP contribution in [0.25, 0.3) is 0 Å². The lowest BCUT2D eigenvalue weighted by Crippen LogP contribution is -2.28. The Morgan fingerprint density at radius 3 is 2.47 bits per heavy atom. The molecule has 1 aliphatic rings. The van der Waals surface area contributed by atoms with Gasteiger partial charge in [0, 0.05) is 17.6 Å². The van der Waals surface area contributed by atoms with Gasteiger partial charge in [-0.2, -0.15) is 4.31 Å². The van der Waals surface area contributed by atoms with E-state index >= 15 is 0 Å². The molecule has 0 bridgehead atoms. The van der Waals surface area contributed by atoms with Crippen molar-refractivity contribution in [3.05, 3.63) is 28.2 Å². The van der Waals surface area contributed by atoms with E-state index in [1.165, 1.54) is 4.31 Å². The van der Waals surface area contributed by atoms with Crippen molar-refractivity contribution in [2.24, 2.45) is 0 Å². The molecule has 0 aromatic heterocycles. The second-order valence-corrected chi connectivity index (χ2v) is 6.79. The number of hydrogen-bond donors (Lipinski definition) is 1. The van der Waals surface area contributed by atoms with Crippen LogP contribution < -0.4 is 0 Å². The molecule has 1 aromatic carbocycles. The molecule has 4 nitrogen and oxygen atoms in total. The predicted molar refractivity (Wildman–Crippen MR) is 68.1 cm³/mol. The highest BCUT2D eigenvalue weighted by Crippen LogP contribution is 2.28. The minimum Gasteiger partial charge on any atom is -0.392 e. The minimum absolute atomic E-state index is 0.0946. The fourth-order valence-electron chi connectivity index (χ4n) is 1.92. The van der Waals surface area contributed by atoms with Crippen molar-refractivity contribution in [1.82, 2.24) is 4.31 Å². The van der Waals surface area contributed by atoms with E-state index in [1.807, 2.05) is 0 Å². The van der Waals surface area contributed by atoms with Crippen LogP contribution in [-0.2, 0) is 16.6 Å². The van der Waals surface area contributed by atoms with Crippen LogP contribution in [0.5, 0.6) is 0 Å². The summed E-state index contributed by atoms with van der Waals surface area (Å²) < 4.78 is 26.6. The number of halogens is 1. The third kappa shape index (κ3) is 2.54. The molecule has 1 saturated heterocycles. The SMILES string of the molecule is O=S(=O)(c1ccc(CO)cc1Br)N1CCCC1. The van der Waals surface area contributed by atoms with E-state index in [-0.39, 0.29) is 11.5 Å². The lowest BCUT2D eigenvalue weighted by molar-refractivity contribution is 0.281. The van der Waals surface area contributed by atoms with Gasteiger partial charge in [-0.3, -0.25) is 0 Å². The zero-order valence-corrected chi connectivity index (χ0v) is 11.7. The number of rotatable bonds is 3. The van der Waals surface area contributed by atoms with Crippen LogP contribution in [0.15, 0.2) is 27.6 Å². The highest BCUT2D eigenvalue weighted by molar-refractivity contribution is 9.10. The molecule has 1 fully saturated rings. The molecule has 1 N–H and O–H groups in total. The first-order valence-corrected chi connectivity index (χ1v) is 7.68. The first-order chi connectivity index (χ1) is 8.05. The van der Waals surface area contributed by atoms with Crippen LogP contribution in [0.2, 0.25) is 0 Å². The molecule has 1 heterocycles. The molecule has 6 heteroatoms. The Hall–Kier alpha value is -0.430. The van der Waals surface area contributed by atoms with E-state index in [1.54, 1.807) is 18.2 Å². The minimum atomic E-state index is -3.39. The molecule has 17 heavy (non-hydrogen) atoms. The zero-order valence-electron chi connectivity index (χ0n) is 9.26. The van der Waals surface area contributed by atoms with Crippen molar-refractivity contribution in [3.8, 4) is 0 Å². The smallest absolute Gasteiger partial charge is 0.244 e. The van der Waals surface area contributed by atoms with E-state index in [9.17, 15) is 8.42 Å². The van der Waals surface area contributed by atoms with Crippen molar-refractivity contribution in [2.45, 2.75) is 24.3 Å². The highest BCUT2D eigenvalue weighted by Gasteiger charge is 2.28. The normalized spacial score (nSPS) is 17.5. The van der Waals surface area contributed by atoms with Gasteiger partial charge in [-0.05, 0) is 46.5 Å². The van der Waals surface area contributed by atoms with Gasteiger partial charge >= 0.3 is 0 Å². The lowest BCUT2D eigenvalue weighted by atomic mass is 10.2. The number of aliphatic hydroxyl groups is 1. The Morgan fingerprint density at radius 2 is 1.94 bits per heavy atom.